The van der Waals surface area contributed by atoms with Crippen molar-refractivity contribution in [1.82, 2.24) is 4.98 Å². The van der Waals surface area contributed by atoms with Crippen molar-refractivity contribution >= 4 is 28.2 Å². The minimum Gasteiger partial charge on any atom is -0.497 e. The van der Waals surface area contributed by atoms with Gasteiger partial charge in [0.1, 0.15) is 11.6 Å². The standard InChI is InChI=1S/C15H17ClN2O/c1-19-13-5-4-11-6-7-17-15(14(11)9-13)18-8-2-3-12(18)10-16/h4-7,9,12H,2-3,8,10H2,1H3. The number of fused-ring (bicyclic) bond motifs is 1. The molecule has 1 aromatic heterocycles. The molecule has 3 nitrogen and oxygen atoms in total. The summed E-state index contributed by atoms with van der Waals surface area (Å²) in [5.74, 6) is 2.55. The van der Waals surface area contributed by atoms with Crippen LogP contribution < -0.4 is 9.64 Å². The summed E-state index contributed by atoms with van der Waals surface area (Å²) in [6.45, 7) is 1.03. The number of aromatic nitrogens is 1. The second kappa shape index (κ2) is 5.25. The molecule has 1 saturated heterocycles. The fourth-order valence-corrected chi connectivity index (χ4v) is 3.08. The van der Waals surface area contributed by atoms with Crippen LogP contribution in [0.5, 0.6) is 5.75 Å². The van der Waals surface area contributed by atoms with E-state index in [1.165, 1.54) is 11.8 Å². The van der Waals surface area contributed by atoms with Crippen LogP contribution in [-0.4, -0.2) is 30.6 Å². The molecular weight excluding hydrogens is 260 g/mol. The molecule has 1 unspecified atom stereocenters. The molecule has 1 fully saturated rings. The van der Waals surface area contributed by atoms with Crippen molar-refractivity contribution in [2.75, 3.05) is 24.4 Å². The van der Waals surface area contributed by atoms with E-state index in [1.807, 2.05) is 18.3 Å². The Labute approximate surface area is 118 Å². The number of hydrogen-bond acceptors (Lipinski definition) is 3. The molecule has 1 aromatic carbocycles. The van der Waals surface area contributed by atoms with Gasteiger partial charge in [0, 0.05) is 30.0 Å². The SMILES string of the molecule is COc1ccc2ccnc(N3CCCC3CCl)c2c1. The van der Waals surface area contributed by atoms with Gasteiger partial charge in [-0.25, -0.2) is 4.98 Å². The molecule has 0 bridgehead atoms. The summed E-state index contributed by atoms with van der Waals surface area (Å²) in [4.78, 5) is 6.90. The summed E-state index contributed by atoms with van der Waals surface area (Å²) in [7, 11) is 1.69. The molecule has 2 aromatic rings. The van der Waals surface area contributed by atoms with Gasteiger partial charge in [-0.15, -0.1) is 11.6 Å². The third-order valence-electron chi connectivity index (χ3n) is 3.78. The van der Waals surface area contributed by atoms with Gasteiger partial charge in [0.05, 0.1) is 7.11 Å². The Morgan fingerprint density at radius 1 is 1.42 bits per heavy atom. The fourth-order valence-electron chi connectivity index (χ4n) is 2.76. The summed E-state index contributed by atoms with van der Waals surface area (Å²) in [5.41, 5.74) is 0. The van der Waals surface area contributed by atoms with E-state index in [-0.39, 0.29) is 0 Å². The molecule has 1 aliphatic rings. The van der Waals surface area contributed by atoms with Crippen molar-refractivity contribution in [2.24, 2.45) is 0 Å². The second-order valence-corrected chi connectivity index (χ2v) is 5.17. The maximum absolute atomic E-state index is 6.07. The van der Waals surface area contributed by atoms with Crippen molar-refractivity contribution in [3.05, 3.63) is 30.5 Å². The van der Waals surface area contributed by atoms with Crippen LogP contribution in [-0.2, 0) is 0 Å². The molecular formula is C15H17ClN2O. The molecule has 0 saturated carbocycles. The number of anilines is 1. The van der Waals surface area contributed by atoms with Gasteiger partial charge in [0.15, 0.2) is 0 Å². The lowest BCUT2D eigenvalue weighted by Crippen LogP contribution is -2.31. The smallest absolute Gasteiger partial charge is 0.136 e. The van der Waals surface area contributed by atoms with Gasteiger partial charge in [0.2, 0.25) is 0 Å². The Hall–Kier alpha value is -1.48. The molecule has 4 heteroatoms. The number of methoxy groups -OCH3 is 1. The van der Waals surface area contributed by atoms with Crippen LogP contribution in [0.3, 0.4) is 0 Å². The summed E-state index contributed by atoms with van der Waals surface area (Å²) < 4.78 is 5.32. The Morgan fingerprint density at radius 3 is 3.11 bits per heavy atom. The van der Waals surface area contributed by atoms with Crippen LogP contribution >= 0.6 is 11.6 Å². The van der Waals surface area contributed by atoms with Crippen LogP contribution in [0.15, 0.2) is 30.5 Å². The Bertz CT molecular complexity index is 587. The second-order valence-electron chi connectivity index (χ2n) is 4.87. The number of hydrogen-bond donors (Lipinski definition) is 0. The number of halogens is 1. The zero-order chi connectivity index (χ0) is 13.2. The van der Waals surface area contributed by atoms with E-state index in [1.54, 1.807) is 7.11 Å². The Balaban J connectivity index is 2.11. The molecule has 2 heterocycles. The predicted octanol–water partition coefficient (Wildman–Crippen LogP) is 3.45. The highest BCUT2D eigenvalue weighted by Gasteiger charge is 2.26. The fraction of sp³-hybridized carbons (Fsp3) is 0.400. The molecule has 0 aliphatic carbocycles. The molecule has 0 N–H and O–H groups in total. The molecule has 1 atom stereocenters. The lowest BCUT2D eigenvalue weighted by atomic mass is 10.1. The van der Waals surface area contributed by atoms with Gasteiger partial charge >= 0.3 is 0 Å². The number of alkyl halides is 1. The zero-order valence-electron chi connectivity index (χ0n) is 11.0. The average molecular weight is 277 g/mol. The van der Waals surface area contributed by atoms with Crippen LogP contribution in [0.25, 0.3) is 10.8 Å². The van der Waals surface area contributed by atoms with Gasteiger partial charge < -0.3 is 9.64 Å². The highest BCUT2D eigenvalue weighted by molar-refractivity contribution is 6.18. The van der Waals surface area contributed by atoms with E-state index < -0.39 is 0 Å². The third kappa shape index (κ3) is 2.23. The van der Waals surface area contributed by atoms with Crippen LogP contribution in [0, 0.1) is 0 Å². The number of rotatable bonds is 3. The molecule has 1 aliphatic heterocycles. The third-order valence-corrected chi connectivity index (χ3v) is 4.14. The summed E-state index contributed by atoms with van der Waals surface area (Å²) in [6.07, 6.45) is 4.19. The molecule has 100 valence electrons. The van der Waals surface area contributed by atoms with Gasteiger partial charge in [-0.05, 0) is 36.4 Å². The van der Waals surface area contributed by atoms with E-state index in [0.29, 0.717) is 11.9 Å². The first kappa shape index (κ1) is 12.5. The first-order valence-corrected chi connectivity index (χ1v) is 7.12. The van der Waals surface area contributed by atoms with Crippen molar-refractivity contribution in [2.45, 2.75) is 18.9 Å². The summed E-state index contributed by atoms with van der Waals surface area (Å²) in [6, 6.07) is 8.54. The highest BCUT2D eigenvalue weighted by Crippen LogP contribution is 2.32. The lowest BCUT2D eigenvalue weighted by molar-refractivity contribution is 0.415. The van der Waals surface area contributed by atoms with Crippen molar-refractivity contribution in [1.29, 1.82) is 0 Å². The van der Waals surface area contributed by atoms with E-state index in [4.69, 9.17) is 16.3 Å². The molecule has 0 spiro atoms. The predicted molar refractivity (Wildman–Crippen MR) is 79.4 cm³/mol. The van der Waals surface area contributed by atoms with E-state index in [0.717, 1.165) is 29.9 Å². The maximum Gasteiger partial charge on any atom is 0.136 e. The number of benzene rings is 1. The van der Waals surface area contributed by atoms with Gasteiger partial charge in [-0.2, -0.15) is 0 Å². The first-order valence-electron chi connectivity index (χ1n) is 6.59. The van der Waals surface area contributed by atoms with E-state index >= 15 is 0 Å². The van der Waals surface area contributed by atoms with Crippen molar-refractivity contribution < 1.29 is 4.74 Å². The van der Waals surface area contributed by atoms with Gasteiger partial charge in [-0.1, -0.05) is 6.07 Å². The normalized spacial score (nSPS) is 19.1. The largest absolute Gasteiger partial charge is 0.497 e. The van der Waals surface area contributed by atoms with Crippen molar-refractivity contribution in [3.8, 4) is 5.75 Å². The molecule has 0 radical (unpaired) electrons. The number of pyridine rings is 1. The minimum atomic E-state index is 0.394. The Morgan fingerprint density at radius 2 is 2.32 bits per heavy atom. The summed E-state index contributed by atoms with van der Waals surface area (Å²) in [5, 5.41) is 2.32. The maximum atomic E-state index is 6.07. The van der Waals surface area contributed by atoms with Gasteiger partial charge in [0.25, 0.3) is 0 Å². The molecule has 3 rings (SSSR count). The zero-order valence-corrected chi connectivity index (χ0v) is 11.7. The highest BCUT2D eigenvalue weighted by atomic mass is 35.5. The number of nitrogens with zero attached hydrogens (tertiary/aromatic N) is 2. The monoisotopic (exact) mass is 276 g/mol. The first-order chi connectivity index (χ1) is 9.33. The van der Waals surface area contributed by atoms with E-state index in [9.17, 15) is 0 Å². The number of ether oxygens (including phenoxy) is 1. The summed E-state index contributed by atoms with van der Waals surface area (Å²) >= 11 is 6.07. The van der Waals surface area contributed by atoms with Crippen molar-refractivity contribution in [3.63, 3.8) is 0 Å². The lowest BCUT2D eigenvalue weighted by Gasteiger charge is -2.25. The molecule has 19 heavy (non-hydrogen) atoms. The Kier molecular flexibility index (Phi) is 3.47. The van der Waals surface area contributed by atoms with E-state index in [2.05, 4.69) is 22.0 Å². The average Bonchev–Trinajstić information content (AvgIpc) is 2.94. The van der Waals surface area contributed by atoms with Crippen LogP contribution in [0.2, 0.25) is 0 Å². The quantitative estimate of drug-likeness (QED) is 0.803. The molecule has 0 amide bonds. The topological polar surface area (TPSA) is 25.4 Å². The van der Waals surface area contributed by atoms with Gasteiger partial charge in [-0.3, -0.25) is 0 Å². The van der Waals surface area contributed by atoms with Crippen LogP contribution in [0.4, 0.5) is 5.82 Å². The minimum absolute atomic E-state index is 0.394. The van der Waals surface area contributed by atoms with Crippen LogP contribution in [0.1, 0.15) is 12.8 Å².